The molecule has 11 aromatic rings. The predicted molar refractivity (Wildman–Crippen MR) is 408 cm³/mol. The van der Waals surface area contributed by atoms with Gasteiger partial charge in [0.15, 0.2) is 23.1 Å². The molecule has 0 saturated carbocycles. The lowest BCUT2D eigenvalue weighted by Crippen LogP contribution is -2.53. The third-order valence-electron chi connectivity index (χ3n) is 18.6. The van der Waals surface area contributed by atoms with E-state index in [1.54, 1.807) is 41.3 Å². The molecule has 8 aromatic heterocycles. The highest BCUT2D eigenvalue weighted by Gasteiger charge is 2.31. The van der Waals surface area contributed by atoms with Crippen LogP contribution in [0.4, 0.5) is 11.6 Å². The number of anilines is 2. The highest BCUT2D eigenvalue weighted by Crippen LogP contribution is 2.38. The first kappa shape index (κ1) is 77.9. The second kappa shape index (κ2) is 35.5. The van der Waals surface area contributed by atoms with E-state index in [2.05, 4.69) is 58.3 Å². The van der Waals surface area contributed by atoms with Crippen molar-refractivity contribution >= 4 is 29.1 Å². The number of aromatic nitrogens is 12. The smallest absolute Gasteiger partial charge is 0.219 e. The SMILES string of the molecule is CNCC(O)COc1cccc(-c2nc(-c3c(C)noc3C)cc(N3CCN(C(C)=O)C[C@H]3C)n2)c1.CNCC(O)COc1cccc(-c2nc(-c3c(C)noc3C)cc(N3CCN(C(C)=O)[C@@H](C)C3)n2)c1.CNCC(O)COc1cccc(-c2nc(-c3ccn4cnnc4c3)c(C)c(-c3c(C)noc3C)n2)c1. The van der Waals surface area contributed by atoms with E-state index in [0.717, 1.165) is 102 Å². The van der Waals surface area contributed by atoms with E-state index in [9.17, 15) is 24.9 Å². The van der Waals surface area contributed by atoms with E-state index in [-0.39, 0.29) is 43.7 Å². The maximum atomic E-state index is 12.0. The number of hydrogen-bond acceptors (Lipinski definition) is 27. The number of benzene rings is 3. The van der Waals surface area contributed by atoms with Gasteiger partial charge >= 0.3 is 0 Å². The molecule has 2 saturated heterocycles. The van der Waals surface area contributed by atoms with Gasteiger partial charge in [0.05, 0.1) is 56.5 Å². The Balaban J connectivity index is 0.000000161. The molecule has 2 amide bonds. The molecule has 30 nitrogen and oxygen atoms in total. The van der Waals surface area contributed by atoms with Gasteiger partial charge in [0.2, 0.25) is 11.8 Å². The number of carbonyl (C=O) groups excluding carboxylic acids is 2. The van der Waals surface area contributed by atoms with Crippen LogP contribution in [0, 0.1) is 48.5 Å². The minimum absolute atomic E-state index is 0.0675. The number of likely N-dealkylation sites (N-methyl/N-ethyl adjacent to an activating group) is 3. The van der Waals surface area contributed by atoms with Gasteiger partial charge in [-0.25, -0.2) is 29.9 Å². The summed E-state index contributed by atoms with van der Waals surface area (Å²) < 4.78 is 35.6. The second-order valence-corrected chi connectivity index (χ2v) is 27.0. The quantitative estimate of drug-likeness (QED) is 0.0331. The Morgan fingerprint density at radius 2 is 0.991 bits per heavy atom. The molecular formula is C78H95N19O11. The van der Waals surface area contributed by atoms with Crippen molar-refractivity contribution in [1.29, 1.82) is 0 Å². The van der Waals surface area contributed by atoms with Crippen LogP contribution >= 0.6 is 0 Å². The minimum Gasteiger partial charge on any atom is -0.491 e. The molecule has 0 aliphatic carbocycles. The summed E-state index contributed by atoms with van der Waals surface area (Å²) in [5.41, 5.74) is 12.7. The van der Waals surface area contributed by atoms with Crippen LogP contribution in [0.1, 0.15) is 67.6 Å². The average molecular weight is 1470 g/mol. The van der Waals surface area contributed by atoms with E-state index in [0.29, 0.717) is 111 Å². The second-order valence-electron chi connectivity index (χ2n) is 27.0. The van der Waals surface area contributed by atoms with Crippen LogP contribution in [0.2, 0.25) is 0 Å². The molecule has 5 atom stereocenters. The van der Waals surface area contributed by atoms with Gasteiger partial charge in [0.1, 0.15) is 90.6 Å². The number of ether oxygens (including phenoxy) is 3. The van der Waals surface area contributed by atoms with Crippen molar-refractivity contribution in [3.05, 3.63) is 150 Å². The highest BCUT2D eigenvalue weighted by molar-refractivity contribution is 5.80. The Labute approximate surface area is 626 Å². The Bertz CT molecular complexity index is 4850. The van der Waals surface area contributed by atoms with Gasteiger partial charge in [-0.05, 0) is 132 Å². The monoisotopic (exact) mass is 1470 g/mol. The molecule has 2 aliphatic heterocycles. The minimum atomic E-state index is -0.612. The number of amides is 2. The van der Waals surface area contributed by atoms with Gasteiger partial charge in [-0.2, -0.15) is 0 Å². The van der Waals surface area contributed by atoms with Gasteiger partial charge in [0.25, 0.3) is 0 Å². The maximum absolute atomic E-state index is 12.0. The molecule has 2 aliphatic rings. The lowest BCUT2D eigenvalue weighted by molar-refractivity contribution is -0.131. The molecule has 2 fully saturated rings. The summed E-state index contributed by atoms with van der Waals surface area (Å²) in [6.45, 7) is 26.4. The number of rotatable bonds is 24. The molecule has 0 spiro atoms. The number of pyridine rings is 1. The van der Waals surface area contributed by atoms with Crippen LogP contribution in [-0.4, -0.2) is 227 Å². The summed E-state index contributed by atoms with van der Waals surface area (Å²) in [5, 5.41) is 59.3. The first-order valence-corrected chi connectivity index (χ1v) is 36.0. The predicted octanol–water partition coefficient (Wildman–Crippen LogP) is 8.26. The van der Waals surface area contributed by atoms with Crippen LogP contribution in [-0.2, 0) is 9.59 Å². The van der Waals surface area contributed by atoms with Gasteiger partial charge in [-0.1, -0.05) is 51.9 Å². The van der Waals surface area contributed by atoms with Crippen molar-refractivity contribution in [2.45, 2.75) is 107 Å². The summed E-state index contributed by atoms with van der Waals surface area (Å²) in [6.07, 6.45) is 1.73. The Kier molecular flexibility index (Phi) is 25.6. The van der Waals surface area contributed by atoms with Crippen LogP contribution < -0.4 is 40.0 Å². The topological polar surface area (TPSA) is 357 Å². The zero-order valence-electron chi connectivity index (χ0n) is 63.5. The molecular weight excluding hydrogens is 1380 g/mol. The lowest BCUT2D eigenvalue weighted by atomic mass is 10.00. The van der Waals surface area contributed by atoms with E-state index < -0.39 is 18.3 Å². The Morgan fingerprint density at radius 1 is 0.519 bits per heavy atom. The molecule has 568 valence electrons. The average Bonchev–Trinajstić information content (AvgIpc) is 1.49. The van der Waals surface area contributed by atoms with E-state index >= 15 is 0 Å². The number of fused-ring (bicyclic) bond motifs is 1. The molecule has 13 rings (SSSR count). The van der Waals surface area contributed by atoms with E-state index in [4.69, 9.17) is 57.7 Å². The van der Waals surface area contributed by atoms with Crippen molar-refractivity contribution in [2.24, 2.45) is 0 Å². The molecule has 108 heavy (non-hydrogen) atoms. The van der Waals surface area contributed by atoms with Crippen molar-refractivity contribution < 1.29 is 52.7 Å². The lowest BCUT2D eigenvalue weighted by Gasteiger charge is -2.40. The summed E-state index contributed by atoms with van der Waals surface area (Å²) in [7, 11) is 5.35. The molecule has 0 bridgehead atoms. The largest absolute Gasteiger partial charge is 0.491 e. The van der Waals surface area contributed by atoms with Gasteiger partial charge in [-0.3, -0.25) is 14.0 Å². The molecule has 10 heterocycles. The first-order chi connectivity index (χ1) is 52.0. The fraction of sp³-hybridized carbons (Fsp3) is 0.397. The fourth-order valence-electron chi connectivity index (χ4n) is 13.2. The third-order valence-corrected chi connectivity index (χ3v) is 18.6. The summed E-state index contributed by atoms with van der Waals surface area (Å²) in [4.78, 5) is 61.5. The van der Waals surface area contributed by atoms with Crippen molar-refractivity contribution in [2.75, 3.05) is 110 Å². The standard InChI is InChI=1S/C26H27N7O3.2C26H34N6O4/c1-15-24(18-8-9-33-14-28-31-22(33)11-18)29-26(30-25(15)23-16(2)32-36-17(23)3)19-6-5-7-21(10-19)35-13-20(34)12-27-4;1-16-14-31(9-10-32(16)19(4)33)24-12-23(25-17(2)30-36-18(25)3)28-26(29-24)20-7-6-8-22(11-20)35-15-21(34)13-27-5;1-16-14-31(19(4)33)9-10-32(16)24-12-23(25-17(2)30-36-18(25)3)28-26(29-24)20-7-6-8-22(11-20)35-15-21(34)13-27-5/h5-11,14,20,27,34H,12-13H2,1-4H3;2*6-8,11-12,16,21,27,34H,9-10,13-15H2,1-5H3/t;2*16-,21?/m.01/s1. The van der Waals surface area contributed by atoms with Crippen molar-refractivity contribution in [1.82, 2.24) is 85.7 Å². The number of nitrogens with zero attached hydrogens (tertiary/aromatic N) is 16. The number of hydrogen-bond donors (Lipinski definition) is 6. The summed E-state index contributed by atoms with van der Waals surface area (Å²) >= 11 is 0. The van der Waals surface area contributed by atoms with Crippen LogP contribution in [0.3, 0.4) is 0 Å². The van der Waals surface area contributed by atoms with Gasteiger partial charge in [0, 0.05) is 131 Å². The first-order valence-electron chi connectivity index (χ1n) is 36.0. The number of carbonyl (C=O) groups is 2. The zero-order chi connectivity index (χ0) is 76.9. The number of aryl methyl sites for hydroxylation is 6. The maximum Gasteiger partial charge on any atom is 0.219 e. The number of piperazine rings is 2. The third kappa shape index (κ3) is 18.8. The number of aliphatic hydroxyl groups is 3. The summed E-state index contributed by atoms with van der Waals surface area (Å²) in [6, 6.07) is 30.6. The molecule has 3 unspecified atom stereocenters. The zero-order valence-corrected chi connectivity index (χ0v) is 63.5. The number of nitrogens with one attached hydrogen (secondary N) is 3. The van der Waals surface area contributed by atoms with E-state index in [1.807, 2.05) is 173 Å². The Hall–Kier alpha value is -11.2. The molecule has 30 heteroatoms. The van der Waals surface area contributed by atoms with E-state index in [1.165, 1.54) is 0 Å². The van der Waals surface area contributed by atoms with Crippen molar-refractivity contribution in [3.8, 4) is 96.4 Å². The molecule has 3 aromatic carbocycles. The molecule has 6 N–H and O–H groups in total. The Morgan fingerprint density at radius 3 is 1.44 bits per heavy atom. The van der Waals surface area contributed by atoms with Crippen molar-refractivity contribution in [3.63, 3.8) is 0 Å². The van der Waals surface area contributed by atoms with Crippen LogP contribution in [0.5, 0.6) is 17.2 Å². The van der Waals surface area contributed by atoms with Gasteiger partial charge in [-0.15, -0.1) is 10.2 Å². The normalized spacial score (nSPS) is 15.3. The fourth-order valence-corrected chi connectivity index (χ4v) is 13.2. The highest BCUT2D eigenvalue weighted by atomic mass is 16.5. The van der Waals surface area contributed by atoms with Gasteiger partial charge < -0.3 is 78.6 Å². The number of aliphatic hydroxyl groups excluding tert-OH is 3. The van der Waals surface area contributed by atoms with Crippen LogP contribution in [0.15, 0.2) is 123 Å². The molecule has 0 radical (unpaired) electrons. The summed E-state index contributed by atoms with van der Waals surface area (Å²) in [5.74, 6) is 7.29. The van der Waals surface area contributed by atoms with Crippen LogP contribution in [0.25, 0.3) is 84.8 Å².